The maximum Gasteiger partial charge on any atom is 0.151 e. The van der Waals surface area contributed by atoms with E-state index in [1.165, 1.54) is 0 Å². The summed E-state index contributed by atoms with van der Waals surface area (Å²) in [4.78, 5) is 3.59. The summed E-state index contributed by atoms with van der Waals surface area (Å²) in [7, 11) is 0. The van der Waals surface area contributed by atoms with Crippen molar-refractivity contribution in [2.24, 2.45) is 0 Å². The number of nitrogens with zero attached hydrogens (tertiary/aromatic N) is 1. The number of pyridine rings is 1. The lowest BCUT2D eigenvalue weighted by Gasteiger charge is -2.26. The lowest BCUT2D eigenvalue weighted by molar-refractivity contribution is 0.976. The zero-order chi connectivity index (χ0) is 10.0. The summed E-state index contributed by atoms with van der Waals surface area (Å²) in [6, 6.07) is 3.90. The maximum absolute atomic E-state index is 6.28. The van der Waals surface area contributed by atoms with Gasteiger partial charge in [-0.05, 0) is 31.2 Å². The molecule has 0 spiro atoms. The Hall–Kier alpha value is -1.28. The second kappa shape index (κ2) is 3.46. The third-order valence-electron chi connectivity index (χ3n) is 2.06. The number of hydrogen-bond donors (Lipinski definition) is 1. The van der Waals surface area contributed by atoms with E-state index in [-0.39, 0.29) is 0 Å². The fraction of sp³-hybridized carbons (Fsp3) is 0.182. The topological polar surface area (TPSA) is 24.9 Å². The minimum Gasteiger partial charge on any atom is -0.345 e. The number of aromatic nitrogens is 1. The molecule has 0 saturated heterocycles. The smallest absolute Gasteiger partial charge is 0.151 e. The van der Waals surface area contributed by atoms with Gasteiger partial charge in [0, 0.05) is 11.8 Å². The standard InChI is InChI=1S/C11H11ClN2/c1-2-6-11(12)7-5-9-4-3-8-13-10(9)14-11/h2-8H,1H3,(H,13,14). The van der Waals surface area contributed by atoms with E-state index in [0.29, 0.717) is 0 Å². The van der Waals surface area contributed by atoms with E-state index in [1.54, 1.807) is 6.20 Å². The first-order valence-corrected chi connectivity index (χ1v) is 4.86. The molecule has 2 nitrogen and oxygen atoms in total. The fourth-order valence-electron chi connectivity index (χ4n) is 1.43. The van der Waals surface area contributed by atoms with E-state index in [2.05, 4.69) is 10.3 Å². The van der Waals surface area contributed by atoms with E-state index in [0.717, 1.165) is 11.4 Å². The second-order valence-corrected chi connectivity index (χ2v) is 3.79. The van der Waals surface area contributed by atoms with Crippen molar-refractivity contribution < 1.29 is 0 Å². The lowest BCUT2D eigenvalue weighted by atomic mass is 10.1. The van der Waals surface area contributed by atoms with Crippen LogP contribution in [0.4, 0.5) is 5.82 Å². The fourth-order valence-corrected chi connectivity index (χ4v) is 1.71. The number of fused-ring (bicyclic) bond motifs is 1. The number of alkyl halides is 1. The SMILES string of the molecule is CC=CC1(Cl)C=Cc2cccnc2N1. The van der Waals surface area contributed by atoms with E-state index >= 15 is 0 Å². The van der Waals surface area contributed by atoms with Crippen molar-refractivity contribution in [1.29, 1.82) is 0 Å². The zero-order valence-electron chi connectivity index (χ0n) is 7.87. The first-order valence-electron chi connectivity index (χ1n) is 4.49. The number of hydrogen-bond acceptors (Lipinski definition) is 2. The average molecular weight is 207 g/mol. The second-order valence-electron chi connectivity index (χ2n) is 3.17. The molecule has 1 aliphatic rings. The van der Waals surface area contributed by atoms with Crippen LogP contribution in [-0.2, 0) is 0 Å². The van der Waals surface area contributed by atoms with E-state index in [9.17, 15) is 0 Å². The molecule has 1 N–H and O–H groups in total. The van der Waals surface area contributed by atoms with Gasteiger partial charge in [0.05, 0.1) is 0 Å². The quantitative estimate of drug-likeness (QED) is 0.434. The van der Waals surface area contributed by atoms with Crippen molar-refractivity contribution >= 4 is 23.5 Å². The summed E-state index contributed by atoms with van der Waals surface area (Å²) in [6.45, 7) is 1.94. The summed E-state index contributed by atoms with van der Waals surface area (Å²) < 4.78 is 0. The molecule has 0 bridgehead atoms. The molecule has 0 amide bonds. The Bertz CT molecular complexity index is 398. The van der Waals surface area contributed by atoms with Gasteiger partial charge < -0.3 is 5.32 Å². The summed E-state index contributed by atoms with van der Waals surface area (Å²) in [6.07, 6.45) is 9.45. The van der Waals surface area contributed by atoms with Crippen LogP contribution in [0, 0.1) is 0 Å². The molecule has 1 aromatic heterocycles. The largest absolute Gasteiger partial charge is 0.345 e. The van der Waals surface area contributed by atoms with Gasteiger partial charge in [-0.15, -0.1) is 0 Å². The lowest BCUT2D eigenvalue weighted by Crippen LogP contribution is -2.29. The third-order valence-corrected chi connectivity index (χ3v) is 2.41. The van der Waals surface area contributed by atoms with Crippen molar-refractivity contribution in [2.75, 3.05) is 5.32 Å². The zero-order valence-corrected chi connectivity index (χ0v) is 8.62. The number of anilines is 1. The Kier molecular flexibility index (Phi) is 2.30. The minimum absolute atomic E-state index is 0.629. The monoisotopic (exact) mass is 206 g/mol. The first-order chi connectivity index (χ1) is 6.73. The van der Waals surface area contributed by atoms with Crippen LogP contribution in [0.2, 0.25) is 0 Å². The van der Waals surface area contributed by atoms with Crippen LogP contribution in [-0.4, -0.2) is 9.98 Å². The predicted octanol–water partition coefficient (Wildman–Crippen LogP) is 3.03. The Labute approximate surface area is 88.3 Å². The Balaban J connectivity index is 2.38. The molecule has 1 atom stereocenters. The van der Waals surface area contributed by atoms with Gasteiger partial charge in [0.15, 0.2) is 5.00 Å². The highest BCUT2D eigenvalue weighted by molar-refractivity contribution is 6.28. The molecule has 1 unspecified atom stereocenters. The molecule has 2 heterocycles. The predicted molar refractivity (Wildman–Crippen MR) is 60.3 cm³/mol. The van der Waals surface area contributed by atoms with Crippen LogP contribution < -0.4 is 5.32 Å². The van der Waals surface area contributed by atoms with Gasteiger partial charge in [0.2, 0.25) is 0 Å². The third kappa shape index (κ3) is 1.66. The average Bonchev–Trinajstić information content (AvgIpc) is 2.17. The van der Waals surface area contributed by atoms with E-state index < -0.39 is 5.00 Å². The molecule has 2 rings (SSSR count). The Morgan fingerprint density at radius 2 is 2.43 bits per heavy atom. The molecule has 3 heteroatoms. The highest BCUT2D eigenvalue weighted by Gasteiger charge is 2.24. The first kappa shape index (κ1) is 9.28. The summed E-state index contributed by atoms with van der Waals surface area (Å²) in [5.41, 5.74) is 1.06. The Morgan fingerprint density at radius 1 is 1.57 bits per heavy atom. The highest BCUT2D eigenvalue weighted by Crippen LogP contribution is 2.29. The summed E-state index contributed by atoms with van der Waals surface area (Å²) >= 11 is 6.28. The molecule has 0 aromatic carbocycles. The van der Waals surface area contributed by atoms with Gasteiger partial charge >= 0.3 is 0 Å². The van der Waals surface area contributed by atoms with Gasteiger partial charge in [-0.3, -0.25) is 0 Å². The van der Waals surface area contributed by atoms with Gasteiger partial charge in [0.1, 0.15) is 5.82 Å². The van der Waals surface area contributed by atoms with Crippen molar-refractivity contribution in [3.05, 3.63) is 42.1 Å². The molecule has 72 valence electrons. The van der Waals surface area contributed by atoms with Crippen LogP contribution in [0.25, 0.3) is 6.08 Å². The molecular weight excluding hydrogens is 196 g/mol. The van der Waals surface area contributed by atoms with Crippen molar-refractivity contribution in [3.8, 4) is 0 Å². The molecule has 0 saturated carbocycles. The number of allylic oxidation sites excluding steroid dienone is 1. The van der Waals surface area contributed by atoms with E-state index in [4.69, 9.17) is 11.6 Å². The van der Waals surface area contributed by atoms with Crippen LogP contribution in [0.3, 0.4) is 0 Å². The summed E-state index contributed by atoms with van der Waals surface area (Å²) in [5, 5.41) is 3.15. The number of nitrogens with one attached hydrogen (secondary N) is 1. The molecule has 0 aliphatic carbocycles. The van der Waals surface area contributed by atoms with Gasteiger partial charge in [0.25, 0.3) is 0 Å². The highest BCUT2D eigenvalue weighted by atomic mass is 35.5. The molecule has 1 aromatic rings. The van der Waals surface area contributed by atoms with Crippen molar-refractivity contribution in [2.45, 2.75) is 11.9 Å². The van der Waals surface area contributed by atoms with Crippen LogP contribution >= 0.6 is 11.6 Å². The van der Waals surface area contributed by atoms with Gasteiger partial charge in [-0.2, -0.15) is 0 Å². The Morgan fingerprint density at radius 3 is 3.21 bits per heavy atom. The van der Waals surface area contributed by atoms with E-state index in [1.807, 2.05) is 43.4 Å². The maximum atomic E-state index is 6.28. The molecule has 0 radical (unpaired) electrons. The minimum atomic E-state index is -0.629. The van der Waals surface area contributed by atoms with Crippen molar-refractivity contribution in [1.82, 2.24) is 4.98 Å². The van der Waals surface area contributed by atoms with Gasteiger partial charge in [-0.1, -0.05) is 23.8 Å². The molecule has 0 fully saturated rings. The normalized spacial score (nSPS) is 24.7. The van der Waals surface area contributed by atoms with Crippen LogP contribution in [0.15, 0.2) is 36.6 Å². The number of rotatable bonds is 1. The molecule has 1 aliphatic heterocycles. The molecular formula is C11H11ClN2. The van der Waals surface area contributed by atoms with Crippen molar-refractivity contribution in [3.63, 3.8) is 0 Å². The molecule has 14 heavy (non-hydrogen) atoms. The van der Waals surface area contributed by atoms with Gasteiger partial charge in [-0.25, -0.2) is 4.98 Å². The summed E-state index contributed by atoms with van der Waals surface area (Å²) in [5.74, 6) is 0.822. The van der Waals surface area contributed by atoms with Crippen LogP contribution in [0.5, 0.6) is 0 Å². The number of halogens is 1. The van der Waals surface area contributed by atoms with Crippen LogP contribution in [0.1, 0.15) is 12.5 Å².